The topological polar surface area (TPSA) is 0 Å². The molecule has 0 aliphatic rings. The third kappa shape index (κ3) is 5.46. The molecular formula is C13H22. The molecule has 0 heterocycles. The Morgan fingerprint density at radius 2 is 1.77 bits per heavy atom. The SMILES string of the molecule is C=CC(CC)CC(C=C)C/C=C/C. The van der Waals surface area contributed by atoms with E-state index in [1.807, 2.05) is 0 Å². The minimum atomic E-state index is 0.610. The molecule has 0 aromatic rings. The molecule has 0 fully saturated rings. The Labute approximate surface area is 83.0 Å². The number of allylic oxidation sites excluding steroid dienone is 4. The van der Waals surface area contributed by atoms with Crippen LogP contribution in [0.3, 0.4) is 0 Å². The highest BCUT2D eigenvalue weighted by Gasteiger charge is 2.08. The van der Waals surface area contributed by atoms with Crippen LogP contribution in [0.1, 0.15) is 33.1 Å². The van der Waals surface area contributed by atoms with E-state index in [0.29, 0.717) is 11.8 Å². The molecule has 2 atom stereocenters. The van der Waals surface area contributed by atoms with E-state index in [0.717, 1.165) is 6.42 Å². The molecule has 0 amide bonds. The van der Waals surface area contributed by atoms with Gasteiger partial charge in [-0.15, -0.1) is 13.2 Å². The van der Waals surface area contributed by atoms with Gasteiger partial charge in [-0.2, -0.15) is 0 Å². The maximum Gasteiger partial charge on any atom is -0.0196 e. The second-order valence-corrected chi connectivity index (χ2v) is 3.44. The Kier molecular flexibility index (Phi) is 7.38. The second kappa shape index (κ2) is 7.85. The fraction of sp³-hybridized carbons (Fsp3) is 0.538. The molecule has 2 unspecified atom stereocenters. The molecule has 0 saturated heterocycles. The van der Waals surface area contributed by atoms with Gasteiger partial charge in [-0.25, -0.2) is 0 Å². The lowest BCUT2D eigenvalue weighted by Gasteiger charge is -2.15. The highest BCUT2D eigenvalue weighted by Crippen LogP contribution is 2.20. The van der Waals surface area contributed by atoms with E-state index in [9.17, 15) is 0 Å². The fourth-order valence-electron chi connectivity index (χ4n) is 1.42. The van der Waals surface area contributed by atoms with Gasteiger partial charge in [0.1, 0.15) is 0 Å². The van der Waals surface area contributed by atoms with E-state index in [-0.39, 0.29) is 0 Å². The summed E-state index contributed by atoms with van der Waals surface area (Å²) in [6, 6.07) is 0. The summed E-state index contributed by atoms with van der Waals surface area (Å²) in [7, 11) is 0. The van der Waals surface area contributed by atoms with Crippen molar-refractivity contribution in [1.29, 1.82) is 0 Å². The first-order valence-electron chi connectivity index (χ1n) is 5.14. The van der Waals surface area contributed by atoms with Crippen LogP contribution in [0.15, 0.2) is 37.5 Å². The van der Waals surface area contributed by atoms with Gasteiger partial charge >= 0.3 is 0 Å². The average Bonchev–Trinajstić information content (AvgIpc) is 2.19. The molecular weight excluding hydrogens is 156 g/mol. The summed E-state index contributed by atoms with van der Waals surface area (Å²) in [5.74, 6) is 1.26. The molecule has 0 saturated carbocycles. The van der Waals surface area contributed by atoms with Crippen molar-refractivity contribution in [3.05, 3.63) is 37.5 Å². The predicted molar refractivity (Wildman–Crippen MR) is 61.7 cm³/mol. The van der Waals surface area contributed by atoms with E-state index in [1.54, 1.807) is 0 Å². The normalized spacial score (nSPS) is 15.5. The Bertz CT molecular complexity index is 165. The summed E-state index contributed by atoms with van der Waals surface area (Å²) in [5.41, 5.74) is 0. The number of hydrogen-bond acceptors (Lipinski definition) is 0. The summed E-state index contributed by atoms with van der Waals surface area (Å²) in [6.07, 6.45) is 11.9. The van der Waals surface area contributed by atoms with Crippen molar-refractivity contribution < 1.29 is 0 Å². The van der Waals surface area contributed by atoms with Crippen LogP contribution in [0.25, 0.3) is 0 Å². The Morgan fingerprint density at radius 3 is 2.15 bits per heavy atom. The largest absolute Gasteiger partial charge is 0.103 e. The monoisotopic (exact) mass is 178 g/mol. The van der Waals surface area contributed by atoms with Crippen molar-refractivity contribution in [2.75, 3.05) is 0 Å². The van der Waals surface area contributed by atoms with Crippen molar-refractivity contribution in [3.8, 4) is 0 Å². The van der Waals surface area contributed by atoms with Crippen LogP contribution >= 0.6 is 0 Å². The summed E-state index contributed by atoms with van der Waals surface area (Å²) in [4.78, 5) is 0. The summed E-state index contributed by atoms with van der Waals surface area (Å²) in [5, 5.41) is 0. The zero-order valence-corrected chi connectivity index (χ0v) is 9.00. The van der Waals surface area contributed by atoms with Crippen molar-refractivity contribution in [1.82, 2.24) is 0 Å². The molecule has 0 nitrogen and oxygen atoms in total. The van der Waals surface area contributed by atoms with Gasteiger partial charge in [0.25, 0.3) is 0 Å². The maximum absolute atomic E-state index is 3.87. The van der Waals surface area contributed by atoms with Gasteiger partial charge in [-0.05, 0) is 38.0 Å². The van der Waals surface area contributed by atoms with Gasteiger partial charge in [0.15, 0.2) is 0 Å². The van der Waals surface area contributed by atoms with Crippen LogP contribution in [0.5, 0.6) is 0 Å². The van der Waals surface area contributed by atoms with E-state index in [4.69, 9.17) is 0 Å². The number of rotatable bonds is 7. The Balaban J connectivity index is 3.94. The molecule has 0 aromatic heterocycles. The van der Waals surface area contributed by atoms with Gasteiger partial charge in [-0.1, -0.05) is 31.2 Å². The third-order valence-electron chi connectivity index (χ3n) is 2.47. The van der Waals surface area contributed by atoms with Crippen LogP contribution in [0.2, 0.25) is 0 Å². The quantitative estimate of drug-likeness (QED) is 0.508. The van der Waals surface area contributed by atoms with Crippen molar-refractivity contribution in [3.63, 3.8) is 0 Å². The molecule has 0 N–H and O–H groups in total. The molecule has 0 aliphatic heterocycles. The van der Waals surface area contributed by atoms with Crippen molar-refractivity contribution in [2.24, 2.45) is 11.8 Å². The van der Waals surface area contributed by atoms with Crippen LogP contribution in [-0.2, 0) is 0 Å². The number of hydrogen-bond donors (Lipinski definition) is 0. The molecule has 13 heavy (non-hydrogen) atoms. The molecule has 74 valence electrons. The van der Waals surface area contributed by atoms with Crippen LogP contribution < -0.4 is 0 Å². The van der Waals surface area contributed by atoms with E-state index < -0.39 is 0 Å². The lowest BCUT2D eigenvalue weighted by atomic mass is 9.90. The summed E-state index contributed by atoms with van der Waals surface area (Å²) < 4.78 is 0. The Morgan fingerprint density at radius 1 is 1.15 bits per heavy atom. The van der Waals surface area contributed by atoms with E-state index in [1.165, 1.54) is 12.8 Å². The lowest BCUT2D eigenvalue weighted by Crippen LogP contribution is -2.03. The molecule has 0 aromatic carbocycles. The molecule has 0 rings (SSSR count). The third-order valence-corrected chi connectivity index (χ3v) is 2.47. The van der Waals surface area contributed by atoms with Gasteiger partial charge < -0.3 is 0 Å². The van der Waals surface area contributed by atoms with E-state index in [2.05, 4.69) is 51.3 Å². The smallest absolute Gasteiger partial charge is 0.0196 e. The average molecular weight is 178 g/mol. The van der Waals surface area contributed by atoms with Gasteiger partial charge in [0, 0.05) is 0 Å². The molecule has 0 bridgehead atoms. The van der Waals surface area contributed by atoms with Crippen LogP contribution in [0.4, 0.5) is 0 Å². The minimum Gasteiger partial charge on any atom is -0.103 e. The van der Waals surface area contributed by atoms with Crippen molar-refractivity contribution in [2.45, 2.75) is 33.1 Å². The zero-order valence-electron chi connectivity index (χ0n) is 9.00. The van der Waals surface area contributed by atoms with Gasteiger partial charge in [0.2, 0.25) is 0 Å². The summed E-state index contributed by atoms with van der Waals surface area (Å²) >= 11 is 0. The highest BCUT2D eigenvalue weighted by molar-refractivity contribution is 4.91. The second-order valence-electron chi connectivity index (χ2n) is 3.44. The molecule has 0 aliphatic carbocycles. The molecule has 0 heteroatoms. The zero-order chi connectivity index (χ0) is 10.1. The maximum atomic E-state index is 3.87. The highest BCUT2D eigenvalue weighted by atomic mass is 14.1. The molecule has 0 radical (unpaired) electrons. The van der Waals surface area contributed by atoms with Crippen LogP contribution in [0, 0.1) is 11.8 Å². The first-order valence-corrected chi connectivity index (χ1v) is 5.14. The Hall–Kier alpha value is -0.780. The molecule has 0 spiro atoms. The van der Waals surface area contributed by atoms with Crippen LogP contribution in [-0.4, -0.2) is 0 Å². The first-order chi connectivity index (χ1) is 6.28. The fourth-order valence-corrected chi connectivity index (χ4v) is 1.42. The van der Waals surface area contributed by atoms with Crippen molar-refractivity contribution >= 4 is 0 Å². The first kappa shape index (κ1) is 12.2. The predicted octanol–water partition coefficient (Wildman–Crippen LogP) is 4.36. The minimum absolute atomic E-state index is 0.610. The lowest BCUT2D eigenvalue weighted by molar-refractivity contribution is 0.476. The van der Waals surface area contributed by atoms with Gasteiger partial charge in [0.05, 0.1) is 0 Å². The van der Waals surface area contributed by atoms with E-state index >= 15 is 0 Å². The standard InChI is InChI=1S/C13H22/c1-5-9-10-13(8-4)11-12(6-2)7-3/h5-6,8-9,12-13H,2,4,7,10-11H2,1,3H3/b9-5+. The van der Waals surface area contributed by atoms with Gasteiger partial charge in [-0.3, -0.25) is 0 Å². The summed E-state index contributed by atoms with van der Waals surface area (Å²) in [6.45, 7) is 12.0.